The number of carbonyl (C=O) groups excluding carboxylic acids is 1. The van der Waals surface area contributed by atoms with E-state index in [1.807, 2.05) is 48.5 Å². The standard InChI is InChI=1S/C21H17ClN2O3/c22-20-7-2-1-5-17(20)14-27-19-6-3-4-15(12-19)13-23-24-21(26)16-8-10-18(25)11-9-16/h1-13,25H,14H2,(H,24,26)/b23-13+. The molecule has 2 N–H and O–H groups in total. The first-order chi connectivity index (χ1) is 13.1. The molecule has 3 rings (SSSR count). The number of phenols is 1. The maximum atomic E-state index is 12.0. The second-order valence-electron chi connectivity index (χ2n) is 5.70. The molecule has 0 aromatic heterocycles. The van der Waals surface area contributed by atoms with E-state index in [-0.39, 0.29) is 11.7 Å². The van der Waals surface area contributed by atoms with Gasteiger partial charge in [0.2, 0.25) is 0 Å². The monoisotopic (exact) mass is 380 g/mol. The minimum absolute atomic E-state index is 0.101. The summed E-state index contributed by atoms with van der Waals surface area (Å²) in [5.41, 5.74) is 4.52. The van der Waals surface area contributed by atoms with Gasteiger partial charge in [-0.15, -0.1) is 0 Å². The van der Waals surface area contributed by atoms with Crippen LogP contribution in [-0.2, 0) is 6.61 Å². The maximum Gasteiger partial charge on any atom is 0.271 e. The van der Waals surface area contributed by atoms with Crippen molar-refractivity contribution in [3.8, 4) is 11.5 Å². The van der Waals surface area contributed by atoms with Crippen LogP contribution in [0.4, 0.5) is 0 Å². The Labute approximate surface area is 161 Å². The van der Waals surface area contributed by atoms with Crippen LogP contribution >= 0.6 is 11.6 Å². The fraction of sp³-hybridized carbons (Fsp3) is 0.0476. The number of rotatable bonds is 6. The number of hydrogen-bond donors (Lipinski definition) is 2. The minimum Gasteiger partial charge on any atom is -0.508 e. The molecule has 0 aliphatic rings. The molecule has 27 heavy (non-hydrogen) atoms. The van der Waals surface area contributed by atoms with Gasteiger partial charge in [0.15, 0.2) is 0 Å². The van der Waals surface area contributed by atoms with E-state index in [9.17, 15) is 9.90 Å². The van der Waals surface area contributed by atoms with Crippen molar-refractivity contribution in [3.63, 3.8) is 0 Å². The summed E-state index contributed by atoms with van der Waals surface area (Å²) in [4.78, 5) is 12.0. The third-order valence-electron chi connectivity index (χ3n) is 3.72. The molecule has 0 aliphatic heterocycles. The van der Waals surface area contributed by atoms with Gasteiger partial charge >= 0.3 is 0 Å². The van der Waals surface area contributed by atoms with Crippen LogP contribution < -0.4 is 10.2 Å². The lowest BCUT2D eigenvalue weighted by molar-refractivity contribution is 0.0955. The SMILES string of the molecule is O=C(N/N=C/c1cccc(OCc2ccccc2Cl)c1)c1ccc(O)cc1. The number of hydrogen-bond acceptors (Lipinski definition) is 4. The van der Waals surface area contributed by atoms with E-state index in [0.29, 0.717) is 22.9 Å². The molecule has 0 spiro atoms. The lowest BCUT2D eigenvalue weighted by atomic mass is 10.2. The molecule has 5 nitrogen and oxygen atoms in total. The number of nitrogens with one attached hydrogen (secondary N) is 1. The maximum absolute atomic E-state index is 12.0. The highest BCUT2D eigenvalue weighted by Crippen LogP contribution is 2.19. The number of aromatic hydroxyl groups is 1. The summed E-state index contributed by atoms with van der Waals surface area (Å²) in [6.07, 6.45) is 1.53. The van der Waals surface area contributed by atoms with Gasteiger partial charge in [-0.25, -0.2) is 5.43 Å². The second kappa shape index (κ2) is 8.87. The Morgan fingerprint density at radius 3 is 2.63 bits per heavy atom. The van der Waals surface area contributed by atoms with Gasteiger partial charge in [0.1, 0.15) is 18.1 Å². The van der Waals surface area contributed by atoms with Crippen molar-refractivity contribution < 1.29 is 14.6 Å². The molecule has 0 atom stereocenters. The van der Waals surface area contributed by atoms with Crippen LogP contribution in [0.2, 0.25) is 5.02 Å². The van der Waals surface area contributed by atoms with Gasteiger partial charge in [0, 0.05) is 16.1 Å². The highest BCUT2D eigenvalue weighted by molar-refractivity contribution is 6.31. The Kier molecular flexibility index (Phi) is 6.07. The summed E-state index contributed by atoms with van der Waals surface area (Å²) >= 11 is 6.12. The largest absolute Gasteiger partial charge is 0.508 e. The summed E-state index contributed by atoms with van der Waals surface area (Å²) in [6, 6.07) is 20.8. The van der Waals surface area contributed by atoms with Crippen LogP contribution in [0.3, 0.4) is 0 Å². The van der Waals surface area contributed by atoms with Gasteiger partial charge in [0.25, 0.3) is 5.91 Å². The summed E-state index contributed by atoms with van der Waals surface area (Å²) in [7, 11) is 0. The van der Waals surface area contributed by atoms with Crippen LogP contribution in [0.1, 0.15) is 21.5 Å². The van der Waals surface area contributed by atoms with Gasteiger partial charge in [-0.3, -0.25) is 4.79 Å². The van der Waals surface area contributed by atoms with Crippen molar-refractivity contribution in [2.75, 3.05) is 0 Å². The van der Waals surface area contributed by atoms with E-state index in [0.717, 1.165) is 11.1 Å². The zero-order valence-corrected chi connectivity index (χ0v) is 15.1. The topological polar surface area (TPSA) is 70.9 Å². The quantitative estimate of drug-likeness (QED) is 0.492. The smallest absolute Gasteiger partial charge is 0.271 e. The molecule has 0 bridgehead atoms. The van der Waals surface area contributed by atoms with Crippen molar-refractivity contribution in [3.05, 3.63) is 94.5 Å². The van der Waals surface area contributed by atoms with Crippen LogP contribution in [0.25, 0.3) is 0 Å². The molecule has 3 aromatic rings. The summed E-state index contributed by atoms with van der Waals surface area (Å²) < 4.78 is 5.76. The van der Waals surface area contributed by atoms with Crippen molar-refractivity contribution in [1.29, 1.82) is 0 Å². The zero-order valence-electron chi connectivity index (χ0n) is 14.3. The molecular weight excluding hydrogens is 364 g/mol. The molecule has 1 amide bonds. The van der Waals surface area contributed by atoms with Gasteiger partial charge in [-0.2, -0.15) is 5.10 Å². The van der Waals surface area contributed by atoms with Crippen LogP contribution in [-0.4, -0.2) is 17.2 Å². The van der Waals surface area contributed by atoms with E-state index < -0.39 is 0 Å². The number of benzene rings is 3. The Bertz CT molecular complexity index is 956. The van der Waals surface area contributed by atoms with Crippen molar-refractivity contribution in [2.24, 2.45) is 5.10 Å². The highest BCUT2D eigenvalue weighted by Gasteiger charge is 2.04. The lowest BCUT2D eigenvalue weighted by Gasteiger charge is -2.08. The molecule has 0 aliphatic carbocycles. The molecule has 0 saturated heterocycles. The molecule has 136 valence electrons. The van der Waals surface area contributed by atoms with E-state index in [2.05, 4.69) is 10.5 Å². The third kappa shape index (κ3) is 5.33. The van der Waals surface area contributed by atoms with E-state index >= 15 is 0 Å². The highest BCUT2D eigenvalue weighted by atomic mass is 35.5. The Morgan fingerprint density at radius 2 is 1.85 bits per heavy atom. The number of ether oxygens (including phenoxy) is 1. The number of hydrazone groups is 1. The average molecular weight is 381 g/mol. The number of nitrogens with zero attached hydrogens (tertiary/aromatic N) is 1. The fourth-order valence-corrected chi connectivity index (χ4v) is 2.49. The Hall–Kier alpha value is -3.31. The van der Waals surface area contributed by atoms with Gasteiger partial charge in [-0.1, -0.05) is 41.9 Å². The molecular formula is C21H17ClN2O3. The van der Waals surface area contributed by atoms with Crippen LogP contribution in [0.15, 0.2) is 77.9 Å². The van der Waals surface area contributed by atoms with Gasteiger partial charge in [0.05, 0.1) is 6.21 Å². The van der Waals surface area contributed by atoms with Crippen LogP contribution in [0.5, 0.6) is 11.5 Å². The van der Waals surface area contributed by atoms with Crippen molar-refractivity contribution >= 4 is 23.7 Å². The third-order valence-corrected chi connectivity index (χ3v) is 4.09. The number of phenolic OH excluding ortho intramolecular Hbond substituents is 1. The van der Waals surface area contributed by atoms with Crippen LogP contribution in [0, 0.1) is 0 Å². The fourth-order valence-electron chi connectivity index (χ4n) is 2.30. The van der Waals surface area contributed by atoms with Crippen molar-refractivity contribution in [1.82, 2.24) is 5.43 Å². The predicted octanol–water partition coefficient (Wildman–Crippen LogP) is 4.39. The van der Waals surface area contributed by atoms with Gasteiger partial charge in [-0.05, 0) is 48.0 Å². The predicted molar refractivity (Wildman–Crippen MR) is 105 cm³/mol. The number of amides is 1. The van der Waals surface area contributed by atoms with E-state index in [1.54, 1.807) is 0 Å². The van der Waals surface area contributed by atoms with E-state index in [4.69, 9.17) is 16.3 Å². The first kappa shape index (κ1) is 18.5. The first-order valence-corrected chi connectivity index (χ1v) is 8.58. The summed E-state index contributed by atoms with van der Waals surface area (Å²) in [5, 5.41) is 13.8. The number of carbonyl (C=O) groups is 1. The Balaban J connectivity index is 1.58. The second-order valence-corrected chi connectivity index (χ2v) is 6.11. The molecule has 6 heteroatoms. The molecule has 0 unspecified atom stereocenters. The number of halogens is 1. The summed E-state index contributed by atoms with van der Waals surface area (Å²) in [6.45, 7) is 0.359. The Morgan fingerprint density at radius 1 is 1.07 bits per heavy atom. The normalized spacial score (nSPS) is 10.7. The molecule has 0 radical (unpaired) electrons. The minimum atomic E-state index is -0.364. The molecule has 0 saturated carbocycles. The van der Waals surface area contributed by atoms with E-state index in [1.165, 1.54) is 30.5 Å². The van der Waals surface area contributed by atoms with Gasteiger partial charge < -0.3 is 9.84 Å². The molecule has 0 heterocycles. The first-order valence-electron chi connectivity index (χ1n) is 8.20. The summed E-state index contributed by atoms with van der Waals surface area (Å²) in [5.74, 6) is 0.407. The average Bonchev–Trinajstić information content (AvgIpc) is 2.68. The zero-order chi connectivity index (χ0) is 19.1. The molecule has 0 fully saturated rings. The van der Waals surface area contributed by atoms with Crippen molar-refractivity contribution in [2.45, 2.75) is 6.61 Å². The lowest BCUT2D eigenvalue weighted by Crippen LogP contribution is -2.17. The molecule has 3 aromatic carbocycles.